The fourth-order valence-corrected chi connectivity index (χ4v) is 2.65. The van der Waals surface area contributed by atoms with Crippen LogP contribution < -0.4 is 4.74 Å². The summed E-state index contributed by atoms with van der Waals surface area (Å²) in [5.74, 6) is 0.600. The molecule has 5 heteroatoms. The molecule has 0 unspecified atom stereocenters. The largest absolute Gasteiger partial charge is 0.484 e. The monoisotopic (exact) mass is 335 g/mol. The summed E-state index contributed by atoms with van der Waals surface area (Å²) in [5.41, 5.74) is 3.86. The van der Waals surface area contributed by atoms with E-state index < -0.39 is 0 Å². The summed E-state index contributed by atoms with van der Waals surface area (Å²) < 4.78 is 5.61. The summed E-state index contributed by atoms with van der Waals surface area (Å²) in [6.07, 6.45) is 4.39. The standard InChI is InChI=1S/C20H21N3O2/c1-3-18-20(8-7-14(2)23-18)25-13-16(24)12-21-11-15-5-4-6-19-17(15)9-10-22-19/h4-11,22H,3,12-13H2,1-2H3. The lowest BCUT2D eigenvalue weighted by Crippen LogP contribution is -2.15. The molecule has 2 aromatic heterocycles. The summed E-state index contributed by atoms with van der Waals surface area (Å²) in [5, 5.41) is 1.09. The number of fused-ring (bicyclic) bond motifs is 1. The molecule has 0 saturated carbocycles. The predicted octanol–water partition coefficient (Wildman–Crippen LogP) is 3.50. The second kappa shape index (κ2) is 7.75. The van der Waals surface area contributed by atoms with Gasteiger partial charge < -0.3 is 9.72 Å². The number of hydrogen-bond donors (Lipinski definition) is 1. The van der Waals surface area contributed by atoms with Crippen LogP contribution in [0.5, 0.6) is 5.75 Å². The van der Waals surface area contributed by atoms with Crippen LogP contribution in [0.4, 0.5) is 0 Å². The van der Waals surface area contributed by atoms with E-state index >= 15 is 0 Å². The van der Waals surface area contributed by atoms with Crippen LogP contribution in [0.1, 0.15) is 23.9 Å². The van der Waals surface area contributed by atoms with Crippen LogP contribution in [0.3, 0.4) is 0 Å². The van der Waals surface area contributed by atoms with Crippen molar-refractivity contribution in [1.82, 2.24) is 9.97 Å². The Hall–Kier alpha value is -2.95. The van der Waals surface area contributed by atoms with Crippen LogP contribution in [0.2, 0.25) is 0 Å². The molecule has 0 amide bonds. The van der Waals surface area contributed by atoms with Gasteiger partial charge in [-0.1, -0.05) is 19.1 Å². The zero-order valence-electron chi connectivity index (χ0n) is 14.5. The zero-order chi connectivity index (χ0) is 17.6. The average molecular weight is 335 g/mol. The molecule has 0 bridgehead atoms. The Morgan fingerprint density at radius 1 is 1.28 bits per heavy atom. The number of nitrogens with zero attached hydrogens (tertiary/aromatic N) is 2. The first-order valence-corrected chi connectivity index (χ1v) is 8.34. The molecular weight excluding hydrogens is 314 g/mol. The van der Waals surface area contributed by atoms with E-state index in [9.17, 15) is 4.79 Å². The number of aromatic nitrogens is 2. The van der Waals surface area contributed by atoms with Crippen LogP contribution in [0.25, 0.3) is 10.9 Å². The van der Waals surface area contributed by atoms with E-state index in [1.165, 1.54) is 0 Å². The number of ether oxygens (including phenoxy) is 1. The Morgan fingerprint density at radius 3 is 3.00 bits per heavy atom. The Labute approximate surface area is 146 Å². The quantitative estimate of drug-likeness (QED) is 0.672. The number of aromatic amines is 1. The van der Waals surface area contributed by atoms with E-state index in [1.807, 2.05) is 56.4 Å². The zero-order valence-corrected chi connectivity index (χ0v) is 14.5. The molecule has 3 aromatic rings. The highest BCUT2D eigenvalue weighted by Gasteiger charge is 2.07. The van der Waals surface area contributed by atoms with Gasteiger partial charge in [0.25, 0.3) is 0 Å². The molecule has 0 aliphatic carbocycles. The van der Waals surface area contributed by atoms with E-state index in [0.29, 0.717) is 5.75 Å². The second-order valence-electron chi connectivity index (χ2n) is 5.83. The van der Waals surface area contributed by atoms with Crippen molar-refractivity contribution in [2.75, 3.05) is 13.2 Å². The lowest BCUT2D eigenvalue weighted by molar-refractivity contribution is -0.119. The van der Waals surface area contributed by atoms with Gasteiger partial charge in [0.1, 0.15) is 18.9 Å². The van der Waals surface area contributed by atoms with E-state index in [1.54, 1.807) is 6.21 Å². The minimum Gasteiger partial charge on any atom is -0.484 e. The highest BCUT2D eigenvalue weighted by molar-refractivity contribution is 5.99. The Morgan fingerprint density at radius 2 is 2.16 bits per heavy atom. The number of pyridine rings is 1. The summed E-state index contributed by atoms with van der Waals surface area (Å²) in [4.78, 5) is 23.9. The summed E-state index contributed by atoms with van der Waals surface area (Å²) >= 11 is 0. The van der Waals surface area contributed by atoms with Gasteiger partial charge in [0.15, 0.2) is 5.78 Å². The fourth-order valence-electron chi connectivity index (χ4n) is 2.65. The minimum absolute atomic E-state index is 0.00341. The number of hydrogen-bond acceptors (Lipinski definition) is 4. The number of H-pyrrole nitrogens is 1. The van der Waals surface area contributed by atoms with Gasteiger partial charge in [-0.05, 0) is 37.6 Å². The van der Waals surface area contributed by atoms with E-state index in [-0.39, 0.29) is 18.9 Å². The molecule has 5 nitrogen and oxygen atoms in total. The first kappa shape index (κ1) is 16.9. The first-order valence-electron chi connectivity index (χ1n) is 8.34. The lowest BCUT2D eigenvalue weighted by Gasteiger charge is -2.09. The van der Waals surface area contributed by atoms with Gasteiger partial charge in [-0.3, -0.25) is 14.8 Å². The molecule has 1 aromatic carbocycles. The third-order valence-corrected chi connectivity index (χ3v) is 3.92. The Balaban J connectivity index is 1.57. The van der Waals surface area contributed by atoms with Crippen LogP contribution in [0, 0.1) is 6.92 Å². The molecule has 128 valence electrons. The molecule has 25 heavy (non-hydrogen) atoms. The molecule has 2 heterocycles. The van der Waals surface area contributed by atoms with E-state index in [0.717, 1.165) is 34.3 Å². The first-order chi connectivity index (χ1) is 12.2. The normalized spacial score (nSPS) is 11.3. The van der Waals surface area contributed by atoms with Crippen molar-refractivity contribution in [2.45, 2.75) is 20.3 Å². The van der Waals surface area contributed by atoms with E-state index in [2.05, 4.69) is 15.0 Å². The number of nitrogens with one attached hydrogen (secondary N) is 1. The summed E-state index contributed by atoms with van der Waals surface area (Å²) in [7, 11) is 0. The Bertz CT molecular complexity index is 912. The third kappa shape index (κ3) is 4.12. The number of aliphatic imine (C=N–C) groups is 1. The van der Waals surface area contributed by atoms with Crippen molar-refractivity contribution in [3.05, 3.63) is 59.5 Å². The van der Waals surface area contributed by atoms with Gasteiger partial charge in [-0.25, -0.2) is 0 Å². The number of rotatable bonds is 7. The van der Waals surface area contributed by atoms with Crippen molar-refractivity contribution in [2.24, 2.45) is 4.99 Å². The van der Waals surface area contributed by atoms with Gasteiger partial charge >= 0.3 is 0 Å². The van der Waals surface area contributed by atoms with Crippen LogP contribution in [0.15, 0.2) is 47.6 Å². The van der Waals surface area contributed by atoms with Gasteiger partial charge in [0, 0.05) is 34.6 Å². The van der Waals surface area contributed by atoms with Crippen molar-refractivity contribution in [3.8, 4) is 5.75 Å². The second-order valence-corrected chi connectivity index (χ2v) is 5.83. The highest BCUT2D eigenvalue weighted by atomic mass is 16.5. The third-order valence-electron chi connectivity index (χ3n) is 3.92. The average Bonchev–Trinajstić information content (AvgIpc) is 3.10. The molecule has 0 saturated heterocycles. The molecular formula is C20H21N3O2. The van der Waals surface area contributed by atoms with Crippen LogP contribution >= 0.6 is 0 Å². The van der Waals surface area contributed by atoms with Crippen molar-refractivity contribution in [1.29, 1.82) is 0 Å². The maximum Gasteiger partial charge on any atom is 0.191 e. The lowest BCUT2D eigenvalue weighted by atomic mass is 10.1. The van der Waals surface area contributed by atoms with Gasteiger partial charge in [-0.2, -0.15) is 0 Å². The van der Waals surface area contributed by atoms with Gasteiger partial charge in [0.2, 0.25) is 0 Å². The molecule has 0 radical (unpaired) electrons. The minimum atomic E-state index is -0.0693. The predicted molar refractivity (Wildman–Crippen MR) is 99.6 cm³/mol. The van der Waals surface area contributed by atoms with E-state index in [4.69, 9.17) is 4.74 Å². The smallest absolute Gasteiger partial charge is 0.191 e. The van der Waals surface area contributed by atoms with Crippen LogP contribution in [-0.4, -0.2) is 35.1 Å². The van der Waals surface area contributed by atoms with Crippen LogP contribution in [-0.2, 0) is 11.2 Å². The molecule has 0 spiro atoms. The van der Waals surface area contributed by atoms with Crippen molar-refractivity contribution in [3.63, 3.8) is 0 Å². The maximum atomic E-state index is 12.0. The molecule has 0 fully saturated rings. The number of carbonyl (C=O) groups excluding carboxylic acids is 1. The number of carbonyl (C=O) groups is 1. The van der Waals surface area contributed by atoms with Crippen molar-refractivity contribution >= 4 is 22.9 Å². The van der Waals surface area contributed by atoms with Gasteiger partial charge in [0.05, 0.1) is 5.69 Å². The molecule has 1 N–H and O–H groups in total. The molecule has 3 rings (SSSR count). The molecule has 0 aliphatic heterocycles. The SMILES string of the molecule is CCc1nc(C)ccc1OCC(=O)CN=Cc1cccc2[nH]ccc12. The number of aryl methyl sites for hydroxylation is 2. The number of ketones is 1. The van der Waals surface area contributed by atoms with Crippen molar-refractivity contribution < 1.29 is 9.53 Å². The topological polar surface area (TPSA) is 67.3 Å². The highest BCUT2D eigenvalue weighted by Crippen LogP contribution is 2.17. The Kier molecular flexibility index (Phi) is 5.23. The summed E-state index contributed by atoms with van der Waals surface area (Å²) in [6, 6.07) is 11.7. The number of Topliss-reactive ketones (excluding diaryl/α,β-unsaturated/α-hetero) is 1. The van der Waals surface area contributed by atoms with Gasteiger partial charge in [-0.15, -0.1) is 0 Å². The number of benzene rings is 1. The fraction of sp³-hybridized carbons (Fsp3) is 0.250. The molecule has 0 aliphatic rings. The molecule has 0 atom stereocenters. The summed E-state index contributed by atoms with van der Waals surface area (Å²) in [6.45, 7) is 4.06. The maximum absolute atomic E-state index is 12.0.